The molecule has 86 valence electrons. The predicted octanol–water partition coefficient (Wildman–Crippen LogP) is 1.46. The van der Waals surface area contributed by atoms with Gasteiger partial charge in [-0.15, -0.1) is 0 Å². The Morgan fingerprint density at radius 3 is 2.44 bits per heavy atom. The van der Waals surface area contributed by atoms with Crippen molar-refractivity contribution in [3.05, 3.63) is 24.3 Å². The van der Waals surface area contributed by atoms with Crippen LogP contribution in [-0.2, 0) is 9.31 Å². The van der Waals surface area contributed by atoms with Crippen molar-refractivity contribution in [3.8, 4) is 5.75 Å². The highest BCUT2D eigenvalue weighted by atomic mass is 16.6. The molecule has 0 radical (unpaired) electrons. The highest BCUT2D eigenvalue weighted by molar-refractivity contribution is 6.62. The zero-order chi connectivity index (χ0) is 11.6. The molecule has 0 amide bonds. The molecular weight excluding hydrogens is 203 g/mol. The predicted molar refractivity (Wildman–Crippen MR) is 64.1 cm³/mol. The molecule has 0 aromatic heterocycles. The zero-order valence-corrected chi connectivity index (χ0v) is 10.0. The van der Waals surface area contributed by atoms with Crippen LogP contribution in [0.5, 0.6) is 5.75 Å². The summed E-state index contributed by atoms with van der Waals surface area (Å²) in [5, 5.41) is 0. The standard InChI is InChI=1S/C12H17BO3/c1-12(2)8-15-13(16-9-12)10-6-4-5-7-11(10)14-3/h4-7H,8-9H2,1-3H3. The number of methoxy groups -OCH3 is 1. The van der Waals surface area contributed by atoms with E-state index in [1.807, 2.05) is 24.3 Å². The summed E-state index contributed by atoms with van der Waals surface area (Å²) in [4.78, 5) is 0. The van der Waals surface area contributed by atoms with Crippen LogP contribution < -0.4 is 10.2 Å². The first-order valence-electron chi connectivity index (χ1n) is 5.48. The summed E-state index contributed by atoms with van der Waals surface area (Å²) in [5.74, 6) is 0.812. The monoisotopic (exact) mass is 220 g/mol. The molecule has 0 unspecified atom stereocenters. The fourth-order valence-electron chi connectivity index (χ4n) is 1.73. The van der Waals surface area contributed by atoms with E-state index < -0.39 is 0 Å². The van der Waals surface area contributed by atoms with Crippen LogP contribution in [0.25, 0.3) is 0 Å². The first-order chi connectivity index (χ1) is 7.62. The Balaban J connectivity index is 2.14. The molecule has 0 saturated carbocycles. The van der Waals surface area contributed by atoms with Crippen molar-refractivity contribution in [3.63, 3.8) is 0 Å². The third-order valence-electron chi connectivity index (χ3n) is 2.64. The van der Waals surface area contributed by atoms with Crippen molar-refractivity contribution in [2.75, 3.05) is 20.3 Å². The van der Waals surface area contributed by atoms with Crippen molar-refractivity contribution in [2.24, 2.45) is 5.41 Å². The van der Waals surface area contributed by atoms with E-state index in [0.29, 0.717) is 13.2 Å². The van der Waals surface area contributed by atoms with Gasteiger partial charge in [0.2, 0.25) is 0 Å². The smallest absolute Gasteiger partial charge is 0.497 e. The van der Waals surface area contributed by atoms with Gasteiger partial charge in [-0.05, 0) is 6.07 Å². The van der Waals surface area contributed by atoms with Crippen molar-refractivity contribution in [1.29, 1.82) is 0 Å². The van der Waals surface area contributed by atoms with E-state index in [0.717, 1.165) is 11.2 Å². The molecule has 0 aliphatic carbocycles. The van der Waals surface area contributed by atoms with Crippen molar-refractivity contribution in [2.45, 2.75) is 13.8 Å². The summed E-state index contributed by atoms with van der Waals surface area (Å²) >= 11 is 0. The third kappa shape index (κ3) is 2.39. The van der Waals surface area contributed by atoms with E-state index in [1.165, 1.54) is 0 Å². The average Bonchev–Trinajstić information content (AvgIpc) is 2.29. The highest BCUT2D eigenvalue weighted by Gasteiger charge is 2.34. The lowest BCUT2D eigenvalue weighted by atomic mass is 9.75. The van der Waals surface area contributed by atoms with Gasteiger partial charge in [-0.2, -0.15) is 0 Å². The van der Waals surface area contributed by atoms with E-state index in [4.69, 9.17) is 14.0 Å². The molecule has 0 bridgehead atoms. The quantitative estimate of drug-likeness (QED) is 0.706. The van der Waals surface area contributed by atoms with Gasteiger partial charge >= 0.3 is 7.12 Å². The molecule has 1 heterocycles. The molecule has 0 spiro atoms. The SMILES string of the molecule is COc1ccccc1B1OCC(C)(C)CO1. The van der Waals surface area contributed by atoms with Crippen LogP contribution in [0.4, 0.5) is 0 Å². The normalized spacial score (nSPS) is 19.6. The summed E-state index contributed by atoms with van der Waals surface area (Å²) in [6.45, 7) is 5.67. The van der Waals surface area contributed by atoms with E-state index in [2.05, 4.69) is 13.8 Å². The zero-order valence-electron chi connectivity index (χ0n) is 10.0. The van der Waals surface area contributed by atoms with Crippen LogP contribution in [0.1, 0.15) is 13.8 Å². The van der Waals surface area contributed by atoms with Crippen LogP contribution in [0, 0.1) is 5.41 Å². The molecule has 1 aromatic carbocycles. The minimum absolute atomic E-state index is 0.0957. The van der Waals surface area contributed by atoms with Gasteiger partial charge in [0.05, 0.1) is 7.11 Å². The molecule has 4 heteroatoms. The molecule has 3 nitrogen and oxygen atoms in total. The number of para-hydroxylation sites is 1. The molecule has 0 atom stereocenters. The van der Waals surface area contributed by atoms with Gasteiger partial charge in [-0.1, -0.05) is 32.0 Å². The fraction of sp³-hybridized carbons (Fsp3) is 0.500. The summed E-state index contributed by atoms with van der Waals surface area (Å²) in [6.07, 6.45) is 0. The maximum absolute atomic E-state index is 5.72. The maximum Gasteiger partial charge on any atom is 0.497 e. The Bertz CT molecular complexity index is 355. The van der Waals surface area contributed by atoms with Gasteiger partial charge in [-0.25, -0.2) is 0 Å². The number of rotatable bonds is 2. The molecule has 0 N–H and O–H groups in total. The number of benzene rings is 1. The van der Waals surface area contributed by atoms with Gasteiger partial charge in [-0.3, -0.25) is 0 Å². The van der Waals surface area contributed by atoms with Crippen molar-refractivity contribution in [1.82, 2.24) is 0 Å². The average molecular weight is 220 g/mol. The van der Waals surface area contributed by atoms with Gasteiger partial charge in [0.15, 0.2) is 0 Å². The molecule has 1 saturated heterocycles. The van der Waals surface area contributed by atoms with Crippen molar-refractivity contribution >= 4 is 12.6 Å². The molecular formula is C12H17BO3. The number of ether oxygens (including phenoxy) is 1. The van der Waals surface area contributed by atoms with Crippen LogP contribution in [0.15, 0.2) is 24.3 Å². The second-order valence-corrected chi connectivity index (χ2v) is 4.86. The van der Waals surface area contributed by atoms with Crippen LogP contribution in [0.3, 0.4) is 0 Å². The van der Waals surface area contributed by atoms with Crippen molar-refractivity contribution < 1.29 is 14.0 Å². The van der Waals surface area contributed by atoms with E-state index in [9.17, 15) is 0 Å². The van der Waals surface area contributed by atoms with E-state index in [1.54, 1.807) is 7.11 Å². The minimum atomic E-state index is -0.302. The first-order valence-corrected chi connectivity index (χ1v) is 5.48. The Hall–Kier alpha value is -0.995. The maximum atomic E-state index is 5.72. The van der Waals surface area contributed by atoms with Crippen LogP contribution in [-0.4, -0.2) is 27.4 Å². The molecule has 1 aliphatic rings. The number of hydrogen-bond donors (Lipinski definition) is 0. The largest absolute Gasteiger partial charge is 0.497 e. The molecule has 2 rings (SSSR count). The molecule has 1 aliphatic heterocycles. The van der Waals surface area contributed by atoms with Crippen LogP contribution >= 0.6 is 0 Å². The summed E-state index contributed by atoms with van der Waals surface area (Å²) in [5.41, 5.74) is 1.05. The van der Waals surface area contributed by atoms with E-state index >= 15 is 0 Å². The Morgan fingerprint density at radius 1 is 1.19 bits per heavy atom. The Morgan fingerprint density at radius 2 is 1.81 bits per heavy atom. The first kappa shape index (κ1) is 11.5. The lowest BCUT2D eigenvalue weighted by Gasteiger charge is -2.33. The van der Waals surface area contributed by atoms with Gasteiger partial charge in [0.25, 0.3) is 0 Å². The van der Waals surface area contributed by atoms with Gasteiger partial charge in [0, 0.05) is 24.1 Å². The Labute approximate surface area is 96.8 Å². The summed E-state index contributed by atoms with van der Waals surface area (Å²) in [7, 11) is 1.36. The number of hydrogen-bond acceptors (Lipinski definition) is 3. The third-order valence-corrected chi connectivity index (χ3v) is 2.64. The van der Waals surface area contributed by atoms with Crippen LogP contribution in [0.2, 0.25) is 0 Å². The second-order valence-electron chi connectivity index (χ2n) is 4.86. The molecule has 1 aromatic rings. The van der Waals surface area contributed by atoms with Gasteiger partial charge < -0.3 is 14.0 Å². The topological polar surface area (TPSA) is 27.7 Å². The molecule has 16 heavy (non-hydrogen) atoms. The lowest BCUT2D eigenvalue weighted by Crippen LogP contribution is -2.47. The summed E-state index contributed by atoms with van der Waals surface area (Å²) in [6, 6.07) is 7.79. The summed E-state index contributed by atoms with van der Waals surface area (Å²) < 4.78 is 16.7. The van der Waals surface area contributed by atoms with Gasteiger partial charge in [0.1, 0.15) is 5.75 Å². The molecule has 1 fully saturated rings. The Kier molecular flexibility index (Phi) is 3.21. The lowest BCUT2D eigenvalue weighted by molar-refractivity contribution is 0.0341. The van der Waals surface area contributed by atoms with E-state index in [-0.39, 0.29) is 12.5 Å². The highest BCUT2D eigenvalue weighted by Crippen LogP contribution is 2.22. The second kappa shape index (κ2) is 4.48. The fourth-order valence-corrected chi connectivity index (χ4v) is 1.73. The minimum Gasteiger partial charge on any atom is -0.497 e.